The van der Waals surface area contributed by atoms with Crippen LogP contribution >= 0.6 is 24.0 Å². The predicted octanol–water partition coefficient (Wildman–Crippen LogP) is 4.90. The molecule has 0 saturated carbocycles. The molecule has 3 rings (SSSR count). The zero-order chi connectivity index (χ0) is 20.5. The Bertz CT molecular complexity index is 985. The number of methoxy groups -OCH3 is 1. The third-order valence-corrected chi connectivity index (χ3v) is 5.15. The van der Waals surface area contributed by atoms with E-state index in [1.807, 2.05) is 0 Å². The summed E-state index contributed by atoms with van der Waals surface area (Å²) in [5, 5.41) is 0. The van der Waals surface area contributed by atoms with Gasteiger partial charge in [0.05, 0.1) is 28.8 Å². The van der Waals surface area contributed by atoms with E-state index in [0.29, 0.717) is 16.0 Å². The zero-order valence-corrected chi connectivity index (χ0v) is 16.0. The maximum atomic E-state index is 12.7. The van der Waals surface area contributed by atoms with Gasteiger partial charge in [-0.15, -0.1) is 0 Å². The summed E-state index contributed by atoms with van der Waals surface area (Å²) in [5.41, 5.74) is 0.365. The number of carbonyl (C=O) groups excluding carboxylic acids is 2. The number of amides is 1. The highest BCUT2D eigenvalue weighted by molar-refractivity contribution is 8.27. The molecule has 4 nitrogen and oxygen atoms in total. The molecule has 1 aliphatic heterocycles. The zero-order valence-electron chi connectivity index (χ0n) is 14.3. The molecule has 144 valence electrons. The van der Waals surface area contributed by atoms with Crippen LogP contribution < -0.4 is 4.90 Å². The molecule has 0 bridgehead atoms. The molecule has 9 heteroatoms. The fraction of sp³-hybridized carbons (Fsp3) is 0.105. The summed E-state index contributed by atoms with van der Waals surface area (Å²) in [6.45, 7) is 0. The molecule has 2 aromatic carbocycles. The van der Waals surface area contributed by atoms with Crippen LogP contribution in [0, 0.1) is 0 Å². The second-order valence-corrected chi connectivity index (χ2v) is 7.35. The van der Waals surface area contributed by atoms with Gasteiger partial charge in [-0.1, -0.05) is 36.1 Å². The summed E-state index contributed by atoms with van der Waals surface area (Å²) < 4.78 is 43.0. The van der Waals surface area contributed by atoms with E-state index in [9.17, 15) is 22.8 Å². The van der Waals surface area contributed by atoms with Gasteiger partial charge < -0.3 is 4.74 Å². The second kappa shape index (κ2) is 7.76. The highest BCUT2D eigenvalue weighted by atomic mass is 32.2. The number of nitrogens with zero attached hydrogens (tertiary/aromatic N) is 1. The minimum Gasteiger partial charge on any atom is -0.465 e. The van der Waals surface area contributed by atoms with Crippen LogP contribution in [0.15, 0.2) is 53.4 Å². The Morgan fingerprint density at radius 2 is 1.86 bits per heavy atom. The first-order chi connectivity index (χ1) is 13.2. The summed E-state index contributed by atoms with van der Waals surface area (Å²) in [5.74, 6) is -0.953. The lowest BCUT2D eigenvalue weighted by molar-refractivity contribution is -0.137. The van der Waals surface area contributed by atoms with Gasteiger partial charge >= 0.3 is 12.1 Å². The molecule has 28 heavy (non-hydrogen) atoms. The van der Waals surface area contributed by atoms with Crippen molar-refractivity contribution < 1.29 is 27.5 Å². The van der Waals surface area contributed by atoms with E-state index in [1.165, 1.54) is 24.1 Å². The molecule has 0 radical (unpaired) electrons. The summed E-state index contributed by atoms with van der Waals surface area (Å²) in [6, 6.07) is 10.7. The topological polar surface area (TPSA) is 46.6 Å². The first kappa shape index (κ1) is 20.1. The van der Waals surface area contributed by atoms with Crippen molar-refractivity contribution in [2.45, 2.75) is 6.18 Å². The van der Waals surface area contributed by atoms with E-state index in [4.69, 9.17) is 12.2 Å². The Morgan fingerprint density at radius 1 is 1.18 bits per heavy atom. The Balaban J connectivity index is 1.88. The van der Waals surface area contributed by atoms with Gasteiger partial charge in [-0.05, 0) is 48.0 Å². The molecule has 0 N–H and O–H groups in total. The maximum absolute atomic E-state index is 12.7. The van der Waals surface area contributed by atoms with Gasteiger partial charge in [0.1, 0.15) is 0 Å². The van der Waals surface area contributed by atoms with Gasteiger partial charge in [0.15, 0.2) is 4.32 Å². The van der Waals surface area contributed by atoms with Gasteiger partial charge in [0.25, 0.3) is 5.91 Å². The molecule has 1 fully saturated rings. The monoisotopic (exact) mass is 423 g/mol. The first-order valence-electron chi connectivity index (χ1n) is 7.84. The van der Waals surface area contributed by atoms with Gasteiger partial charge in [-0.3, -0.25) is 9.69 Å². The SMILES string of the molecule is COC(=O)c1cccc(/C=C2\SC(=S)N(c3ccc(C(F)(F)F)cc3)C2=O)c1. The van der Waals surface area contributed by atoms with Crippen molar-refractivity contribution in [3.63, 3.8) is 0 Å². The van der Waals surface area contributed by atoms with Gasteiger partial charge in [0.2, 0.25) is 0 Å². The number of benzene rings is 2. The minimum atomic E-state index is -4.46. The third kappa shape index (κ3) is 4.10. The van der Waals surface area contributed by atoms with Crippen LogP contribution in [0.1, 0.15) is 21.5 Å². The molecule has 0 aromatic heterocycles. The number of halogens is 3. The molecule has 1 amide bonds. The fourth-order valence-corrected chi connectivity index (χ4v) is 3.81. The highest BCUT2D eigenvalue weighted by Gasteiger charge is 2.35. The van der Waals surface area contributed by atoms with E-state index in [2.05, 4.69) is 4.74 Å². The number of thioether (sulfide) groups is 1. The minimum absolute atomic E-state index is 0.208. The van der Waals surface area contributed by atoms with Crippen LogP contribution in [0.2, 0.25) is 0 Å². The second-order valence-electron chi connectivity index (χ2n) is 5.68. The number of hydrogen-bond acceptors (Lipinski definition) is 5. The number of anilines is 1. The van der Waals surface area contributed by atoms with Crippen molar-refractivity contribution in [2.24, 2.45) is 0 Å². The standard InChI is InChI=1S/C19H12F3NO3S2/c1-26-17(25)12-4-2-3-11(9-12)10-15-16(24)23(18(27)28-15)14-7-5-13(6-8-14)19(20,21)22/h2-10H,1H3/b15-10-. The molecule has 0 atom stereocenters. The Labute approximate surface area is 168 Å². The molecule has 0 unspecified atom stereocenters. The summed E-state index contributed by atoms with van der Waals surface area (Å²) in [4.78, 5) is 25.8. The van der Waals surface area contributed by atoms with Crippen molar-refractivity contribution >= 4 is 51.9 Å². The Kier molecular flexibility index (Phi) is 5.57. The van der Waals surface area contributed by atoms with E-state index >= 15 is 0 Å². The summed E-state index contributed by atoms with van der Waals surface area (Å²) >= 11 is 6.25. The molecule has 0 spiro atoms. The Morgan fingerprint density at radius 3 is 2.46 bits per heavy atom. The number of rotatable bonds is 3. The molecule has 1 heterocycles. The van der Waals surface area contributed by atoms with Gasteiger partial charge in [-0.25, -0.2) is 4.79 Å². The lowest BCUT2D eigenvalue weighted by atomic mass is 10.1. The van der Waals surface area contributed by atoms with Crippen molar-refractivity contribution in [3.05, 3.63) is 70.1 Å². The van der Waals surface area contributed by atoms with Crippen LogP contribution in [0.5, 0.6) is 0 Å². The van der Waals surface area contributed by atoms with Crippen molar-refractivity contribution in [1.82, 2.24) is 0 Å². The summed E-state index contributed by atoms with van der Waals surface area (Å²) in [7, 11) is 1.27. The molecule has 2 aromatic rings. The van der Waals surface area contributed by atoms with E-state index in [0.717, 1.165) is 23.9 Å². The predicted molar refractivity (Wildman–Crippen MR) is 105 cm³/mol. The molecular formula is C19H12F3NO3S2. The Hall–Kier alpha value is -2.65. The highest BCUT2D eigenvalue weighted by Crippen LogP contribution is 2.37. The summed E-state index contributed by atoms with van der Waals surface area (Å²) in [6.07, 6.45) is -2.89. The number of thiocarbonyl (C=S) groups is 1. The largest absolute Gasteiger partial charge is 0.465 e. The lowest BCUT2D eigenvalue weighted by Gasteiger charge is -2.15. The van der Waals surface area contributed by atoms with E-state index in [-0.39, 0.29) is 10.0 Å². The molecular weight excluding hydrogens is 411 g/mol. The van der Waals surface area contributed by atoms with Gasteiger partial charge in [-0.2, -0.15) is 13.2 Å². The van der Waals surface area contributed by atoms with E-state index < -0.39 is 23.6 Å². The van der Waals surface area contributed by atoms with Crippen LogP contribution in [0.25, 0.3) is 6.08 Å². The number of ether oxygens (including phenoxy) is 1. The smallest absolute Gasteiger partial charge is 0.416 e. The van der Waals surface area contributed by atoms with E-state index in [1.54, 1.807) is 30.3 Å². The average Bonchev–Trinajstić information content (AvgIpc) is 2.94. The third-order valence-electron chi connectivity index (χ3n) is 3.85. The van der Waals surface area contributed by atoms with Crippen molar-refractivity contribution in [2.75, 3.05) is 12.0 Å². The van der Waals surface area contributed by atoms with Crippen LogP contribution in [0.4, 0.5) is 18.9 Å². The normalized spacial score (nSPS) is 16.0. The van der Waals surface area contributed by atoms with Crippen LogP contribution in [-0.2, 0) is 15.7 Å². The molecule has 1 aliphatic rings. The number of hydrogen-bond donors (Lipinski definition) is 0. The quantitative estimate of drug-likeness (QED) is 0.399. The average molecular weight is 423 g/mol. The number of alkyl halides is 3. The number of carbonyl (C=O) groups is 2. The number of esters is 1. The van der Waals surface area contributed by atoms with Gasteiger partial charge in [0, 0.05) is 0 Å². The van der Waals surface area contributed by atoms with Crippen molar-refractivity contribution in [1.29, 1.82) is 0 Å². The molecule has 1 saturated heterocycles. The molecule has 0 aliphatic carbocycles. The lowest BCUT2D eigenvalue weighted by Crippen LogP contribution is -2.27. The van der Waals surface area contributed by atoms with Crippen molar-refractivity contribution in [3.8, 4) is 0 Å². The fourth-order valence-electron chi connectivity index (χ4n) is 2.51. The van der Waals surface area contributed by atoms with Crippen LogP contribution in [-0.4, -0.2) is 23.3 Å². The van der Waals surface area contributed by atoms with Crippen LogP contribution in [0.3, 0.4) is 0 Å². The first-order valence-corrected chi connectivity index (χ1v) is 9.07. The maximum Gasteiger partial charge on any atom is 0.416 e.